The van der Waals surface area contributed by atoms with Crippen molar-refractivity contribution < 1.29 is 9.59 Å². The Bertz CT molecular complexity index is 774. The van der Waals surface area contributed by atoms with E-state index < -0.39 is 5.91 Å². The maximum absolute atomic E-state index is 12.5. The van der Waals surface area contributed by atoms with Gasteiger partial charge in [0.15, 0.2) is 0 Å². The standard InChI is InChI=1S/C22H29N3O2/c1-15(2)25(16(3)4)13-12-24-22(27)20-7-5-6-19(14-20)17-8-10-18(11-9-17)21(23)26/h5-11,14-16H,12-13H2,1-4H3,(H2,23,26)(H,24,27). The zero-order valence-electron chi connectivity index (χ0n) is 16.5. The van der Waals surface area contributed by atoms with Crippen molar-refractivity contribution in [2.24, 2.45) is 5.73 Å². The van der Waals surface area contributed by atoms with Crippen LogP contribution in [0.1, 0.15) is 48.4 Å². The predicted octanol–water partition coefficient (Wildman–Crippen LogP) is 3.30. The average Bonchev–Trinajstić information content (AvgIpc) is 2.64. The van der Waals surface area contributed by atoms with Crippen LogP contribution in [0.4, 0.5) is 0 Å². The number of carbonyl (C=O) groups is 2. The summed E-state index contributed by atoms with van der Waals surface area (Å²) < 4.78 is 0. The fourth-order valence-corrected chi connectivity index (χ4v) is 3.18. The van der Waals surface area contributed by atoms with Crippen LogP contribution in [0.5, 0.6) is 0 Å². The van der Waals surface area contributed by atoms with Gasteiger partial charge in [-0.05, 0) is 63.1 Å². The van der Waals surface area contributed by atoms with Crippen LogP contribution in [0, 0.1) is 0 Å². The first-order valence-corrected chi connectivity index (χ1v) is 9.34. The quantitative estimate of drug-likeness (QED) is 0.752. The van der Waals surface area contributed by atoms with E-state index in [0.29, 0.717) is 29.8 Å². The summed E-state index contributed by atoms with van der Waals surface area (Å²) in [5.74, 6) is -0.537. The molecule has 0 bridgehead atoms. The zero-order valence-corrected chi connectivity index (χ0v) is 16.5. The lowest BCUT2D eigenvalue weighted by atomic mass is 10.0. The molecule has 0 aliphatic rings. The monoisotopic (exact) mass is 367 g/mol. The number of benzene rings is 2. The third kappa shape index (κ3) is 5.66. The minimum Gasteiger partial charge on any atom is -0.366 e. The van der Waals surface area contributed by atoms with Crippen LogP contribution in [-0.2, 0) is 0 Å². The summed E-state index contributed by atoms with van der Waals surface area (Å²) in [6, 6.07) is 15.4. The van der Waals surface area contributed by atoms with Crippen molar-refractivity contribution in [3.05, 3.63) is 59.7 Å². The van der Waals surface area contributed by atoms with Crippen molar-refractivity contribution in [3.8, 4) is 11.1 Å². The van der Waals surface area contributed by atoms with Crippen molar-refractivity contribution in [1.82, 2.24) is 10.2 Å². The van der Waals surface area contributed by atoms with Gasteiger partial charge >= 0.3 is 0 Å². The lowest BCUT2D eigenvalue weighted by Crippen LogP contribution is -2.42. The van der Waals surface area contributed by atoms with Crippen molar-refractivity contribution in [2.45, 2.75) is 39.8 Å². The second-order valence-electron chi connectivity index (χ2n) is 7.20. The molecule has 0 aliphatic carbocycles. The van der Waals surface area contributed by atoms with E-state index in [1.807, 2.05) is 30.3 Å². The molecule has 0 radical (unpaired) electrons. The Labute approximate surface area is 161 Å². The van der Waals surface area contributed by atoms with Gasteiger partial charge in [0.25, 0.3) is 5.91 Å². The van der Waals surface area contributed by atoms with Gasteiger partial charge in [-0.3, -0.25) is 14.5 Å². The Morgan fingerprint density at radius 1 is 0.926 bits per heavy atom. The number of amides is 2. The van der Waals surface area contributed by atoms with Gasteiger partial charge < -0.3 is 11.1 Å². The molecule has 144 valence electrons. The Morgan fingerprint density at radius 2 is 1.56 bits per heavy atom. The molecule has 2 amide bonds. The highest BCUT2D eigenvalue weighted by atomic mass is 16.2. The number of nitrogens with zero attached hydrogens (tertiary/aromatic N) is 1. The number of carbonyl (C=O) groups excluding carboxylic acids is 2. The third-order valence-electron chi connectivity index (χ3n) is 4.61. The molecular weight excluding hydrogens is 338 g/mol. The van der Waals surface area contributed by atoms with Gasteiger partial charge in [-0.2, -0.15) is 0 Å². The lowest BCUT2D eigenvalue weighted by Gasteiger charge is -2.30. The van der Waals surface area contributed by atoms with E-state index in [2.05, 4.69) is 37.9 Å². The fourth-order valence-electron chi connectivity index (χ4n) is 3.18. The Hall–Kier alpha value is -2.66. The van der Waals surface area contributed by atoms with Crippen LogP contribution in [0.3, 0.4) is 0 Å². The summed E-state index contributed by atoms with van der Waals surface area (Å²) in [7, 11) is 0. The number of hydrogen-bond donors (Lipinski definition) is 2. The predicted molar refractivity (Wildman–Crippen MR) is 110 cm³/mol. The second-order valence-corrected chi connectivity index (χ2v) is 7.20. The van der Waals surface area contributed by atoms with Gasteiger partial charge in [0.2, 0.25) is 5.91 Å². The molecule has 27 heavy (non-hydrogen) atoms. The fraction of sp³-hybridized carbons (Fsp3) is 0.364. The second kappa shape index (κ2) is 9.33. The summed E-state index contributed by atoms with van der Waals surface area (Å²) in [5.41, 5.74) is 8.21. The first kappa shape index (κ1) is 20.6. The minimum atomic E-state index is -0.452. The van der Waals surface area contributed by atoms with Crippen LogP contribution >= 0.6 is 0 Å². The summed E-state index contributed by atoms with van der Waals surface area (Å²) >= 11 is 0. The van der Waals surface area contributed by atoms with E-state index in [9.17, 15) is 9.59 Å². The van der Waals surface area contributed by atoms with E-state index in [0.717, 1.165) is 17.7 Å². The average molecular weight is 367 g/mol. The highest BCUT2D eigenvalue weighted by molar-refractivity contribution is 5.96. The first-order valence-electron chi connectivity index (χ1n) is 9.34. The molecule has 0 saturated carbocycles. The smallest absolute Gasteiger partial charge is 0.251 e. The van der Waals surface area contributed by atoms with Crippen LogP contribution in [-0.4, -0.2) is 41.9 Å². The molecule has 0 fully saturated rings. The van der Waals surface area contributed by atoms with E-state index >= 15 is 0 Å². The molecule has 0 spiro atoms. The summed E-state index contributed by atoms with van der Waals surface area (Å²) in [5, 5.41) is 3.00. The molecule has 0 aromatic heterocycles. The van der Waals surface area contributed by atoms with E-state index in [1.54, 1.807) is 18.2 Å². The molecule has 2 aromatic carbocycles. The Kier molecular flexibility index (Phi) is 7.13. The number of rotatable bonds is 8. The molecule has 0 saturated heterocycles. The molecule has 3 N–H and O–H groups in total. The zero-order chi connectivity index (χ0) is 20.0. The van der Waals surface area contributed by atoms with E-state index in [-0.39, 0.29) is 5.91 Å². The number of primary amides is 1. The number of nitrogens with two attached hydrogens (primary N) is 1. The lowest BCUT2D eigenvalue weighted by molar-refractivity contribution is 0.0938. The normalized spacial score (nSPS) is 11.2. The summed E-state index contributed by atoms with van der Waals surface area (Å²) in [6.07, 6.45) is 0. The molecule has 2 rings (SSSR count). The number of hydrogen-bond acceptors (Lipinski definition) is 3. The van der Waals surface area contributed by atoms with E-state index in [4.69, 9.17) is 5.73 Å². The molecule has 0 heterocycles. The topological polar surface area (TPSA) is 75.4 Å². The third-order valence-corrected chi connectivity index (χ3v) is 4.61. The molecule has 5 heteroatoms. The van der Waals surface area contributed by atoms with Crippen molar-refractivity contribution in [1.29, 1.82) is 0 Å². The molecule has 0 atom stereocenters. The summed E-state index contributed by atoms with van der Waals surface area (Å²) in [4.78, 5) is 26.0. The highest BCUT2D eigenvalue weighted by Crippen LogP contribution is 2.21. The Morgan fingerprint density at radius 3 is 2.11 bits per heavy atom. The molecule has 5 nitrogen and oxygen atoms in total. The van der Waals surface area contributed by atoms with Gasteiger partial charge in [0, 0.05) is 36.3 Å². The van der Waals surface area contributed by atoms with Gasteiger partial charge in [0.1, 0.15) is 0 Å². The molecule has 2 aromatic rings. The largest absolute Gasteiger partial charge is 0.366 e. The van der Waals surface area contributed by atoms with Crippen LogP contribution < -0.4 is 11.1 Å². The van der Waals surface area contributed by atoms with Crippen molar-refractivity contribution in [3.63, 3.8) is 0 Å². The number of nitrogens with one attached hydrogen (secondary N) is 1. The van der Waals surface area contributed by atoms with E-state index in [1.165, 1.54) is 0 Å². The maximum Gasteiger partial charge on any atom is 0.251 e. The van der Waals surface area contributed by atoms with Crippen molar-refractivity contribution in [2.75, 3.05) is 13.1 Å². The first-order chi connectivity index (χ1) is 12.8. The maximum atomic E-state index is 12.5. The van der Waals surface area contributed by atoms with Crippen LogP contribution in [0.25, 0.3) is 11.1 Å². The molecular formula is C22H29N3O2. The van der Waals surface area contributed by atoms with Crippen molar-refractivity contribution >= 4 is 11.8 Å². The highest BCUT2D eigenvalue weighted by Gasteiger charge is 2.14. The van der Waals surface area contributed by atoms with Crippen LogP contribution in [0.15, 0.2) is 48.5 Å². The van der Waals surface area contributed by atoms with Gasteiger partial charge in [0.05, 0.1) is 0 Å². The molecule has 0 aliphatic heterocycles. The van der Waals surface area contributed by atoms with Gasteiger partial charge in [-0.15, -0.1) is 0 Å². The van der Waals surface area contributed by atoms with Crippen LogP contribution in [0.2, 0.25) is 0 Å². The van der Waals surface area contributed by atoms with Gasteiger partial charge in [-0.25, -0.2) is 0 Å². The molecule has 0 unspecified atom stereocenters. The Balaban J connectivity index is 2.03. The minimum absolute atomic E-state index is 0.0851. The van der Waals surface area contributed by atoms with Gasteiger partial charge in [-0.1, -0.05) is 24.3 Å². The SMILES string of the molecule is CC(C)N(CCNC(=O)c1cccc(-c2ccc(C(N)=O)cc2)c1)C(C)C. The summed E-state index contributed by atoms with van der Waals surface area (Å²) in [6.45, 7) is 10.1.